The van der Waals surface area contributed by atoms with E-state index >= 15 is 0 Å². The summed E-state index contributed by atoms with van der Waals surface area (Å²) < 4.78 is 23.4. The molecule has 35 heavy (non-hydrogen) atoms. The summed E-state index contributed by atoms with van der Waals surface area (Å²) in [4.78, 5) is 27.0. The van der Waals surface area contributed by atoms with Crippen LogP contribution >= 0.6 is 0 Å². The first-order chi connectivity index (χ1) is 16.9. The van der Waals surface area contributed by atoms with E-state index in [9.17, 15) is 23.1 Å². The van der Waals surface area contributed by atoms with E-state index in [1.54, 1.807) is 66.7 Å². The number of anilines is 4. The Bertz CT molecular complexity index is 1330. The van der Waals surface area contributed by atoms with E-state index in [4.69, 9.17) is 0 Å². The van der Waals surface area contributed by atoms with E-state index in [0.29, 0.717) is 22.6 Å². The van der Waals surface area contributed by atoms with Gasteiger partial charge in [0.05, 0.1) is 0 Å². The van der Waals surface area contributed by atoms with Crippen molar-refractivity contribution in [1.29, 1.82) is 0 Å². The van der Waals surface area contributed by atoms with Gasteiger partial charge in [0.25, 0.3) is 10.9 Å². The molecule has 0 spiro atoms. The van der Waals surface area contributed by atoms with Gasteiger partial charge in [0.1, 0.15) is 0 Å². The van der Waals surface area contributed by atoms with E-state index in [1.165, 1.54) is 0 Å². The van der Waals surface area contributed by atoms with Gasteiger partial charge in [-0.3, -0.25) is 9.69 Å². The van der Waals surface area contributed by atoms with E-state index in [-0.39, 0.29) is 5.91 Å². The molecule has 1 fully saturated rings. The van der Waals surface area contributed by atoms with Crippen LogP contribution in [0, 0.1) is 0 Å². The van der Waals surface area contributed by atoms with Crippen molar-refractivity contribution in [3.05, 3.63) is 84.4 Å². The number of nitrogens with one attached hydrogen (secondary N) is 2. The molecule has 3 N–H and O–H groups in total. The lowest BCUT2D eigenvalue weighted by Crippen LogP contribution is -2.43. The molecule has 3 aromatic rings. The number of hydrogen-bond donors (Lipinski definition) is 3. The molecule has 3 aromatic carbocycles. The van der Waals surface area contributed by atoms with Crippen molar-refractivity contribution in [2.45, 2.75) is 0 Å². The molecule has 9 nitrogen and oxygen atoms in total. The molecule has 1 saturated heterocycles. The topological polar surface area (TPSA) is 119 Å². The van der Waals surface area contributed by atoms with Crippen LogP contribution in [0.25, 0.3) is 0 Å². The van der Waals surface area contributed by atoms with Gasteiger partial charge in [0.2, 0.25) is 10.3 Å². The summed E-state index contributed by atoms with van der Waals surface area (Å²) in [5.41, 5.74) is 2.74. The molecule has 4 rings (SSSR count). The van der Waals surface area contributed by atoms with Crippen molar-refractivity contribution in [1.82, 2.24) is 5.32 Å². The van der Waals surface area contributed by atoms with Crippen molar-refractivity contribution < 1.29 is 23.1 Å². The average molecular weight is 493 g/mol. The molecule has 1 heterocycles. The number of para-hydroxylation sites is 1. The van der Waals surface area contributed by atoms with Crippen LogP contribution in [0.1, 0.15) is 10.4 Å². The fraction of sp³-hybridized carbons (Fsp3) is 0.160. The highest BCUT2D eigenvalue weighted by Gasteiger charge is 2.24. The number of carbonyl (C=O) groups is 2. The van der Waals surface area contributed by atoms with Crippen LogP contribution in [0.15, 0.2) is 78.9 Å². The highest BCUT2D eigenvalue weighted by molar-refractivity contribution is 7.75. The fourth-order valence-electron chi connectivity index (χ4n) is 3.85. The summed E-state index contributed by atoms with van der Waals surface area (Å²) in [7, 11) is -2.99. The first-order valence-corrected chi connectivity index (χ1v) is 12.0. The Morgan fingerprint density at radius 1 is 0.857 bits per heavy atom. The number of carboxylic acids is 1. The van der Waals surface area contributed by atoms with Crippen LogP contribution in [0.5, 0.6) is 0 Å². The number of aliphatic carboxylic acids is 1. The summed E-state index contributed by atoms with van der Waals surface area (Å²) >= 11 is 0. The normalized spacial score (nSPS) is 13.1. The number of amides is 1. The molecule has 0 aromatic heterocycles. The summed E-state index contributed by atoms with van der Waals surface area (Å²) in [6, 6.07) is 22.0. The van der Waals surface area contributed by atoms with Crippen LogP contribution in [-0.4, -0.2) is 56.6 Å². The van der Waals surface area contributed by atoms with Crippen molar-refractivity contribution in [3.8, 4) is 0 Å². The van der Waals surface area contributed by atoms with Gasteiger partial charge in [0.15, 0.2) is 0 Å². The zero-order valence-electron chi connectivity index (χ0n) is 18.7. The maximum atomic E-state index is 12.7. The van der Waals surface area contributed by atoms with Gasteiger partial charge in [-0.05, 0) is 60.7 Å². The van der Waals surface area contributed by atoms with Crippen LogP contribution in [-0.2, 0) is 15.1 Å². The molecule has 1 aliphatic heterocycles. The molecule has 0 saturated carbocycles. The second-order valence-corrected chi connectivity index (χ2v) is 8.66. The Morgan fingerprint density at radius 2 is 1.46 bits per heavy atom. The van der Waals surface area contributed by atoms with Crippen molar-refractivity contribution in [2.24, 2.45) is 0 Å². The molecule has 1 aliphatic rings. The number of piperazine rings is 1. The van der Waals surface area contributed by atoms with Crippen molar-refractivity contribution >= 4 is 49.9 Å². The third kappa shape index (κ3) is 5.68. The highest BCUT2D eigenvalue weighted by Crippen LogP contribution is 2.27. The number of carbonyl (C=O) groups excluding carboxylic acids is 1. The maximum absolute atomic E-state index is 12.7. The molecule has 0 bridgehead atoms. The SMILES string of the molecule is O=C(O)C(N(c1ccccc1)c1ccc(NC(=O)c2ccc(N3CCNCC3)cc2)cc1)=S(=O)=O. The van der Waals surface area contributed by atoms with Crippen LogP contribution in [0.3, 0.4) is 0 Å². The van der Waals surface area contributed by atoms with E-state index < -0.39 is 21.3 Å². The molecule has 180 valence electrons. The van der Waals surface area contributed by atoms with Gasteiger partial charge in [-0.1, -0.05) is 18.2 Å². The molecule has 0 aliphatic carbocycles. The standard InChI is InChI=1S/C25H24N4O5S/c30-23(18-6-10-20(11-7-18)28-16-14-26-15-17-28)27-19-8-12-22(13-9-19)29(21-4-2-1-3-5-21)24(25(31)32)35(33)34/h1-13,26H,14-17H2,(H,27,30)(H,31,32). The quantitative estimate of drug-likeness (QED) is 0.465. The summed E-state index contributed by atoms with van der Waals surface area (Å²) in [5, 5.41) is 15.6. The molecule has 10 heteroatoms. The largest absolute Gasteiger partial charge is 0.476 e. The lowest BCUT2D eigenvalue weighted by atomic mass is 10.1. The summed E-state index contributed by atoms with van der Waals surface area (Å²) in [5.74, 6) is -1.87. The predicted octanol–water partition coefficient (Wildman–Crippen LogP) is 2.58. The first-order valence-electron chi connectivity index (χ1n) is 11.0. The van der Waals surface area contributed by atoms with Gasteiger partial charge in [0, 0.05) is 54.5 Å². The minimum absolute atomic E-state index is 0.289. The molecule has 0 radical (unpaired) electrons. The Balaban J connectivity index is 1.53. The number of carboxylic acid groups (broad SMARTS) is 1. The zero-order chi connectivity index (χ0) is 24.8. The third-order valence-corrected chi connectivity index (χ3v) is 6.23. The van der Waals surface area contributed by atoms with Gasteiger partial charge in [-0.15, -0.1) is 0 Å². The van der Waals surface area contributed by atoms with E-state index in [2.05, 4.69) is 15.5 Å². The lowest BCUT2D eigenvalue weighted by Gasteiger charge is -2.29. The number of nitrogens with zero attached hydrogens (tertiary/aromatic N) is 2. The van der Waals surface area contributed by atoms with Gasteiger partial charge >= 0.3 is 5.97 Å². The zero-order valence-corrected chi connectivity index (χ0v) is 19.5. The maximum Gasteiger partial charge on any atom is 0.369 e. The van der Waals surface area contributed by atoms with E-state index in [1.807, 2.05) is 12.1 Å². The van der Waals surface area contributed by atoms with Crippen LogP contribution in [0.2, 0.25) is 0 Å². The van der Waals surface area contributed by atoms with Crippen molar-refractivity contribution in [2.75, 3.05) is 41.3 Å². The van der Waals surface area contributed by atoms with E-state index in [0.717, 1.165) is 36.8 Å². The molecule has 0 unspecified atom stereocenters. The minimum atomic E-state index is -2.99. The van der Waals surface area contributed by atoms with Crippen LogP contribution < -0.4 is 20.4 Å². The minimum Gasteiger partial charge on any atom is -0.476 e. The van der Waals surface area contributed by atoms with Crippen LogP contribution in [0.4, 0.5) is 22.7 Å². The highest BCUT2D eigenvalue weighted by atomic mass is 32.2. The predicted molar refractivity (Wildman–Crippen MR) is 136 cm³/mol. The third-order valence-electron chi connectivity index (χ3n) is 5.55. The summed E-state index contributed by atoms with van der Waals surface area (Å²) in [6.45, 7) is 3.68. The second-order valence-electron chi connectivity index (χ2n) is 7.80. The number of rotatable bonds is 5. The first kappa shape index (κ1) is 24.0. The molecule has 1 amide bonds. The second kappa shape index (κ2) is 10.9. The lowest BCUT2D eigenvalue weighted by molar-refractivity contribution is -0.129. The van der Waals surface area contributed by atoms with Gasteiger partial charge in [-0.2, -0.15) is 8.42 Å². The molecule has 0 atom stereocenters. The fourth-order valence-corrected chi connectivity index (χ4v) is 4.35. The number of hydrogen-bond acceptors (Lipinski definition) is 6. The Hall–Kier alpha value is -4.15. The molecular formula is C25H24N4O5S. The Morgan fingerprint density at radius 3 is 2.03 bits per heavy atom. The Kier molecular flexibility index (Phi) is 7.44. The smallest absolute Gasteiger partial charge is 0.369 e. The van der Waals surface area contributed by atoms with Gasteiger partial charge in [-0.25, -0.2) is 4.79 Å². The summed E-state index contributed by atoms with van der Waals surface area (Å²) in [6.07, 6.45) is 0. The average Bonchev–Trinajstić information content (AvgIpc) is 2.88. The molecular weight excluding hydrogens is 468 g/mol. The Labute approximate surface area is 204 Å². The monoisotopic (exact) mass is 492 g/mol. The van der Waals surface area contributed by atoms with Crippen molar-refractivity contribution in [3.63, 3.8) is 0 Å². The van der Waals surface area contributed by atoms with Gasteiger partial charge < -0.3 is 20.6 Å². The number of benzene rings is 3.